The van der Waals surface area contributed by atoms with Gasteiger partial charge in [0.05, 0.1) is 0 Å². The van der Waals surface area contributed by atoms with Gasteiger partial charge in [0.15, 0.2) is 0 Å². The molecule has 1 fully saturated rings. The van der Waals surface area contributed by atoms with E-state index in [4.69, 9.17) is 4.74 Å². The van der Waals surface area contributed by atoms with E-state index in [0.29, 0.717) is 24.4 Å². The molecule has 1 aliphatic carbocycles. The summed E-state index contributed by atoms with van der Waals surface area (Å²) in [6.07, 6.45) is 5.10. The molecule has 0 aromatic rings. The van der Waals surface area contributed by atoms with Crippen molar-refractivity contribution < 1.29 is 9.84 Å². The topological polar surface area (TPSA) is 41.5 Å². The third kappa shape index (κ3) is 4.81. The lowest BCUT2D eigenvalue weighted by atomic mass is 9.79. The fourth-order valence-corrected chi connectivity index (χ4v) is 2.65. The van der Waals surface area contributed by atoms with E-state index in [1.807, 2.05) is 0 Å². The number of hydrogen-bond donors (Lipinski definition) is 2. The first-order chi connectivity index (χ1) is 7.77. The van der Waals surface area contributed by atoms with Crippen LogP contribution in [0.3, 0.4) is 0 Å². The van der Waals surface area contributed by atoms with Crippen LogP contribution in [0.4, 0.5) is 0 Å². The smallest absolute Gasteiger partial charge is 0.0499 e. The van der Waals surface area contributed by atoms with E-state index in [1.165, 1.54) is 25.7 Å². The van der Waals surface area contributed by atoms with Crippen molar-refractivity contribution in [2.24, 2.45) is 17.8 Å². The zero-order valence-electron chi connectivity index (χ0n) is 10.7. The molecule has 0 aromatic heterocycles. The van der Waals surface area contributed by atoms with Crippen LogP contribution in [-0.2, 0) is 4.74 Å². The van der Waals surface area contributed by atoms with Gasteiger partial charge in [-0.2, -0.15) is 0 Å². The first-order valence-electron chi connectivity index (χ1n) is 6.58. The monoisotopic (exact) mass is 229 g/mol. The van der Waals surface area contributed by atoms with Gasteiger partial charge >= 0.3 is 0 Å². The minimum absolute atomic E-state index is 0.361. The van der Waals surface area contributed by atoms with E-state index < -0.39 is 0 Å². The minimum atomic E-state index is 0.361. The molecule has 3 nitrogen and oxygen atoms in total. The van der Waals surface area contributed by atoms with Crippen LogP contribution in [0.2, 0.25) is 0 Å². The van der Waals surface area contributed by atoms with Crippen molar-refractivity contribution in [1.82, 2.24) is 5.32 Å². The maximum absolute atomic E-state index is 9.31. The quantitative estimate of drug-likeness (QED) is 0.697. The lowest BCUT2D eigenvalue weighted by Crippen LogP contribution is -2.34. The highest BCUT2D eigenvalue weighted by Gasteiger charge is 2.23. The summed E-state index contributed by atoms with van der Waals surface area (Å²) in [4.78, 5) is 0. The van der Waals surface area contributed by atoms with E-state index in [0.717, 1.165) is 19.7 Å². The summed E-state index contributed by atoms with van der Waals surface area (Å²) in [5, 5.41) is 12.8. The summed E-state index contributed by atoms with van der Waals surface area (Å²) in [6.45, 7) is 5.45. The number of ether oxygens (including phenoxy) is 1. The lowest BCUT2D eigenvalue weighted by Gasteiger charge is -2.30. The number of aliphatic hydroxyl groups is 1. The second-order valence-corrected chi connectivity index (χ2v) is 5.21. The average molecular weight is 229 g/mol. The average Bonchev–Trinajstić information content (AvgIpc) is 2.30. The van der Waals surface area contributed by atoms with Crippen molar-refractivity contribution in [2.45, 2.75) is 32.6 Å². The Kier molecular flexibility index (Phi) is 7.01. The Morgan fingerprint density at radius 2 is 2.00 bits per heavy atom. The Morgan fingerprint density at radius 3 is 2.62 bits per heavy atom. The fourth-order valence-electron chi connectivity index (χ4n) is 2.65. The highest BCUT2D eigenvalue weighted by Crippen LogP contribution is 2.28. The zero-order chi connectivity index (χ0) is 11.8. The van der Waals surface area contributed by atoms with Gasteiger partial charge in [0.2, 0.25) is 0 Å². The standard InChI is InChI=1S/C13H27NO2/c1-11(10-16-2)7-14-8-12-5-3-4-6-13(12)9-15/h11-15H,3-10H2,1-2H3. The fraction of sp³-hybridized carbons (Fsp3) is 1.00. The van der Waals surface area contributed by atoms with Crippen LogP contribution in [-0.4, -0.2) is 38.5 Å². The van der Waals surface area contributed by atoms with Crippen molar-refractivity contribution in [3.63, 3.8) is 0 Å². The Bertz CT molecular complexity index is 175. The van der Waals surface area contributed by atoms with Crippen LogP contribution < -0.4 is 5.32 Å². The van der Waals surface area contributed by atoms with Gasteiger partial charge in [-0.1, -0.05) is 19.8 Å². The summed E-state index contributed by atoms with van der Waals surface area (Å²) < 4.78 is 5.11. The molecule has 0 spiro atoms. The molecule has 0 saturated heterocycles. The van der Waals surface area contributed by atoms with Crippen molar-refractivity contribution in [3.05, 3.63) is 0 Å². The summed E-state index contributed by atoms with van der Waals surface area (Å²) in [5.41, 5.74) is 0. The minimum Gasteiger partial charge on any atom is -0.396 e. The number of hydrogen-bond acceptors (Lipinski definition) is 3. The largest absolute Gasteiger partial charge is 0.396 e. The van der Waals surface area contributed by atoms with Crippen LogP contribution in [0.5, 0.6) is 0 Å². The highest BCUT2D eigenvalue weighted by atomic mass is 16.5. The molecule has 3 unspecified atom stereocenters. The first kappa shape index (κ1) is 13.9. The molecular formula is C13H27NO2. The molecule has 0 radical (unpaired) electrons. The maximum atomic E-state index is 9.31. The lowest BCUT2D eigenvalue weighted by molar-refractivity contribution is 0.128. The zero-order valence-corrected chi connectivity index (χ0v) is 10.7. The van der Waals surface area contributed by atoms with E-state index in [1.54, 1.807) is 7.11 Å². The van der Waals surface area contributed by atoms with Gasteiger partial charge in [0.1, 0.15) is 0 Å². The van der Waals surface area contributed by atoms with Gasteiger partial charge in [0.25, 0.3) is 0 Å². The summed E-state index contributed by atoms with van der Waals surface area (Å²) in [6, 6.07) is 0. The third-order valence-electron chi connectivity index (χ3n) is 3.65. The van der Waals surface area contributed by atoms with Crippen LogP contribution in [0, 0.1) is 17.8 Å². The van der Waals surface area contributed by atoms with Gasteiger partial charge in [-0.25, -0.2) is 0 Å². The third-order valence-corrected chi connectivity index (χ3v) is 3.65. The molecule has 0 aromatic carbocycles. The van der Waals surface area contributed by atoms with Crippen molar-refractivity contribution in [3.8, 4) is 0 Å². The van der Waals surface area contributed by atoms with Crippen LogP contribution in [0.15, 0.2) is 0 Å². The molecule has 16 heavy (non-hydrogen) atoms. The van der Waals surface area contributed by atoms with E-state index in [2.05, 4.69) is 12.2 Å². The molecular weight excluding hydrogens is 202 g/mol. The van der Waals surface area contributed by atoms with Gasteiger partial charge in [0, 0.05) is 20.3 Å². The van der Waals surface area contributed by atoms with E-state index in [9.17, 15) is 5.11 Å². The molecule has 0 amide bonds. The molecule has 1 aliphatic rings. The van der Waals surface area contributed by atoms with Crippen molar-refractivity contribution in [1.29, 1.82) is 0 Å². The van der Waals surface area contributed by atoms with E-state index >= 15 is 0 Å². The van der Waals surface area contributed by atoms with Crippen molar-refractivity contribution in [2.75, 3.05) is 33.4 Å². The molecule has 1 rings (SSSR count). The number of nitrogens with one attached hydrogen (secondary N) is 1. The highest BCUT2D eigenvalue weighted by molar-refractivity contribution is 4.76. The van der Waals surface area contributed by atoms with Crippen LogP contribution in [0.25, 0.3) is 0 Å². The van der Waals surface area contributed by atoms with Crippen molar-refractivity contribution >= 4 is 0 Å². The Labute approximate surface area is 99.6 Å². The number of methoxy groups -OCH3 is 1. The molecule has 3 heteroatoms. The second kappa shape index (κ2) is 8.04. The molecule has 2 N–H and O–H groups in total. The molecule has 96 valence electrons. The SMILES string of the molecule is COCC(C)CNCC1CCCCC1CO. The van der Waals surface area contributed by atoms with Gasteiger partial charge in [-0.3, -0.25) is 0 Å². The van der Waals surface area contributed by atoms with Crippen LogP contribution >= 0.6 is 0 Å². The molecule has 0 aliphatic heterocycles. The van der Waals surface area contributed by atoms with Crippen LogP contribution in [0.1, 0.15) is 32.6 Å². The Morgan fingerprint density at radius 1 is 1.31 bits per heavy atom. The summed E-state index contributed by atoms with van der Waals surface area (Å²) >= 11 is 0. The number of aliphatic hydroxyl groups excluding tert-OH is 1. The normalized spacial score (nSPS) is 27.9. The Hall–Kier alpha value is -0.120. The van der Waals surface area contributed by atoms with E-state index in [-0.39, 0.29) is 0 Å². The van der Waals surface area contributed by atoms with Gasteiger partial charge in [-0.15, -0.1) is 0 Å². The van der Waals surface area contributed by atoms with Gasteiger partial charge in [-0.05, 0) is 43.7 Å². The summed E-state index contributed by atoms with van der Waals surface area (Å²) in [5.74, 6) is 1.77. The first-order valence-corrected chi connectivity index (χ1v) is 6.58. The van der Waals surface area contributed by atoms with Gasteiger partial charge < -0.3 is 15.2 Å². The Balaban J connectivity index is 2.15. The predicted octanol–water partition coefficient (Wildman–Crippen LogP) is 1.66. The predicted molar refractivity (Wildman–Crippen MR) is 66.4 cm³/mol. The molecule has 1 saturated carbocycles. The summed E-state index contributed by atoms with van der Waals surface area (Å²) in [7, 11) is 1.75. The number of rotatable bonds is 7. The molecule has 0 bridgehead atoms. The molecule has 3 atom stereocenters. The molecule has 0 heterocycles. The maximum Gasteiger partial charge on any atom is 0.0499 e. The second-order valence-electron chi connectivity index (χ2n) is 5.21.